The summed E-state index contributed by atoms with van der Waals surface area (Å²) >= 11 is 3.22. The Morgan fingerprint density at radius 2 is 2.00 bits per heavy atom. The number of halogens is 1. The van der Waals surface area contributed by atoms with E-state index in [2.05, 4.69) is 21.2 Å². The van der Waals surface area contributed by atoms with Gasteiger partial charge in [-0.15, -0.1) is 0 Å². The molecule has 5 nitrogen and oxygen atoms in total. The first-order valence-electron chi connectivity index (χ1n) is 5.34. The maximum absolute atomic E-state index is 10.8. The van der Waals surface area contributed by atoms with Crippen LogP contribution in [-0.4, -0.2) is 4.92 Å². The first kappa shape index (κ1) is 12.8. The van der Waals surface area contributed by atoms with Gasteiger partial charge in [0.05, 0.1) is 11.5 Å². The summed E-state index contributed by atoms with van der Waals surface area (Å²) in [7, 11) is 0. The van der Waals surface area contributed by atoms with E-state index in [0.717, 1.165) is 5.76 Å². The van der Waals surface area contributed by atoms with E-state index in [1.165, 1.54) is 6.07 Å². The fourth-order valence-corrected chi connectivity index (χ4v) is 1.95. The third-order valence-corrected chi connectivity index (χ3v) is 2.86. The molecule has 94 valence electrons. The van der Waals surface area contributed by atoms with Crippen LogP contribution in [0.15, 0.2) is 45.5 Å². The molecule has 1 heterocycles. The molecule has 1 N–H and O–H groups in total. The quantitative estimate of drug-likeness (QED) is 0.680. The van der Waals surface area contributed by atoms with E-state index in [9.17, 15) is 10.1 Å². The minimum atomic E-state index is -0.375. The van der Waals surface area contributed by atoms with Gasteiger partial charge in [-0.05, 0) is 28.1 Å². The van der Waals surface area contributed by atoms with Crippen LogP contribution in [-0.2, 0) is 13.1 Å². The molecule has 6 heteroatoms. The monoisotopic (exact) mass is 310 g/mol. The molecule has 0 atom stereocenters. The Morgan fingerprint density at radius 3 is 2.67 bits per heavy atom. The fraction of sp³-hybridized carbons (Fsp3) is 0.167. The SMILES string of the molecule is O=[N+]([O-])c1ccccc1CNCc1ccc(Br)o1. The van der Waals surface area contributed by atoms with E-state index in [1.807, 2.05) is 12.1 Å². The van der Waals surface area contributed by atoms with E-state index in [0.29, 0.717) is 23.3 Å². The number of nitrogens with one attached hydrogen (secondary N) is 1. The molecule has 0 bridgehead atoms. The average molecular weight is 311 g/mol. The van der Waals surface area contributed by atoms with E-state index < -0.39 is 0 Å². The van der Waals surface area contributed by atoms with Crippen LogP contribution in [0.5, 0.6) is 0 Å². The average Bonchev–Trinajstić information content (AvgIpc) is 2.75. The Hall–Kier alpha value is -1.66. The van der Waals surface area contributed by atoms with Crippen LogP contribution in [0.3, 0.4) is 0 Å². The van der Waals surface area contributed by atoms with Crippen LogP contribution in [0.25, 0.3) is 0 Å². The van der Waals surface area contributed by atoms with Crippen molar-refractivity contribution in [1.82, 2.24) is 5.32 Å². The Labute approximate surface area is 112 Å². The molecule has 0 radical (unpaired) electrons. The molecule has 1 aromatic heterocycles. The standard InChI is InChI=1S/C12H11BrN2O3/c13-12-6-5-10(18-12)8-14-7-9-3-1-2-4-11(9)15(16)17/h1-6,14H,7-8H2. The number of para-hydroxylation sites is 1. The fourth-order valence-electron chi connectivity index (χ4n) is 1.61. The third-order valence-electron chi connectivity index (χ3n) is 2.43. The molecular weight excluding hydrogens is 300 g/mol. The summed E-state index contributed by atoms with van der Waals surface area (Å²) < 4.78 is 5.99. The van der Waals surface area contributed by atoms with Crippen LogP contribution in [0.4, 0.5) is 5.69 Å². The number of rotatable bonds is 5. The van der Waals surface area contributed by atoms with E-state index in [4.69, 9.17) is 4.42 Å². The summed E-state index contributed by atoms with van der Waals surface area (Å²) in [5.74, 6) is 0.778. The maximum Gasteiger partial charge on any atom is 0.273 e. The van der Waals surface area contributed by atoms with Crippen molar-refractivity contribution in [2.24, 2.45) is 0 Å². The van der Waals surface area contributed by atoms with Crippen molar-refractivity contribution < 1.29 is 9.34 Å². The summed E-state index contributed by atoms with van der Waals surface area (Å²) in [5.41, 5.74) is 0.791. The lowest BCUT2D eigenvalue weighted by atomic mass is 10.2. The molecule has 0 aliphatic rings. The smallest absolute Gasteiger partial charge is 0.273 e. The number of benzene rings is 1. The summed E-state index contributed by atoms with van der Waals surface area (Å²) in [5, 5.41) is 13.9. The minimum Gasteiger partial charge on any atom is -0.453 e. The maximum atomic E-state index is 10.8. The summed E-state index contributed by atoms with van der Waals surface area (Å²) in [6.45, 7) is 0.952. The van der Waals surface area contributed by atoms with Gasteiger partial charge in [0.2, 0.25) is 0 Å². The van der Waals surface area contributed by atoms with Crippen molar-refractivity contribution in [3.05, 3.63) is 62.5 Å². The molecule has 1 aromatic carbocycles. The molecule has 2 aromatic rings. The topological polar surface area (TPSA) is 68.3 Å². The van der Waals surface area contributed by atoms with E-state index in [1.54, 1.807) is 18.2 Å². The first-order valence-corrected chi connectivity index (χ1v) is 6.13. The second kappa shape index (κ2) is 5.79. The predicted molar refractivity (Wildman–Crippen MR) is 70.0 cm³/mol. The molecule has 0 fully saturated rings. The molecule has 0 saturated carbocycles. The Kier molecular flexibility index (Phi) is 4.11. The largest absolute Gasteiger partial charge is 0.453 e. The van der Waals surface area contributed by atoms with Crippen LogP contribution in [0.2, 0.25) is 0 Å². The summed E-state index contributed by atoms with van der Waals surface area (Å²) in [4.78, 5) is 10.4. The van der Waals surface area contributed by atoms with Gasteiger partial charge >= 0.3 is 0 Å². The van der Waals surface area contributed by atoms with Gasteiger partial charge in [-0.3, -0.25) is 10.1 Å². The lowest BCUT2D eigenvalue weighted by Gasteiger charge is -2.03. The molecule has 0 amide bonds. The second-order valence-electron chi connectivity index (χ2n) is 3.70. The molecule has 0 spiro atoms. The van der Waals surface area contributed by atoms with Gasteiger partial charge in [-0.2, -0.15) is 0 Å². The zero-order valence-corrected chi connectivity index (χ0v) is 11.0. The van der Waals surface area contributed by atoms with Gasteiger partial charge in [0.15, 0.2) is 4.67 Å². The molecule has 2 rings (SSSR count). The highest BCUT2D eigenvalue weighted by atomic mass is 79.9. The Balaban J connectivity index is 1.96. The number of furan rings is 1. The van der Waals surface area contributed by atoms with Crippen LogP contribution >= 0.6 is 15.9 Å². The van der Waals surface area contributed by atoms with Crippen molar-refractivity contribution in [3.8, 4) is 0 Å². The lowest BCUT2D eigenvalue weighted by Crippen LogP contribution is -2.13. The third kappa shape index (κ3) is 3.18. The number of hydrogen-bond donors (Lipinski definition) is 1. The molecular formula is C12H11BrN2O3. The molecule has 18 heavy (non-hydrogen) atoms. The lowest BCUT2D eigenvalue weighted by molar-refractivity contribution is -0.385. The van der Waals surface area contributed by atoms with Crippen LogP contribution in [0, 0.1) is 10.1 Å². The minimum absolute atomic E-state index is 0.130. The Morgan fingerprint density at radius 1 is 1.22 bits per heavy atom. The highest BCUT2D eigenvalue weighted by Gasteiger charge is 2.11. The van der Waals surface area contributed by atoms with Gasteiger partial charge in [0, 0.05) is 18.2 Å². The van der Waals surface area contributed by atoms with Gasteiger partial charge < -0.3 is 9.73 Å². The number of hydrogen-bond acceptors (Lipinski definition) is 4. The number of nitrogens with zero attached hydrogens (tertiary/aromatic N) is 1. The van der Waals surface area contributed by atoms with Gasteiger partial charge in [0.1, 0.15) is 5.76 Å². The molecule has 0 saturated heterocycles. The van der Waals surface area contributed by atoms with Crippen molar-refractivity contribution in [2.45, 2.75) is 13.1 Å². The summed E-state index contributed by atoms with van der Waals surface area (Å²) in [6.07, 6.45) is 0. The van der Waals surface area contributed by atoms with Crippen LogP contribution in [0.1, 0.15) is 11.3 Å². The van der Waals surface area contributed by atoms with Crippen molar-refractivity contribution in [1.29, 1.82) is 0 Å². The normalized spacial score (nSPS) is 10.5. The Bertz CT molecular complexity index is 554. The summed E-state index contributed by atoms with van der Waals surface area (Å²) in [6, 6.07) is 10.3. The van der Waals surface area contributed by atoms with E-state index >= 15 is 0 Å². The zero-order chi connectivity index (χ0) is 13.0. The van der Waals surface area contributed by atoms with Gasteiger partial charge in [0.25, 0.3) is 5.69 Å². The second-order valence-corrected chi connectivity index (χ2v) is 4.48. The molecule has 0 aliphatic heterocycles. The van der Waals surface area contributed by atoms with Crippen molar-refractivity contribution in [3.63, 3.8) is 0 Å². The molecule has 0 aliphatic carbocycles. The number of nitro benzene ring substituents is 1. The highest BCUT2D eigenvalue weighted by Crippen LogP contribution is 2.18. The van der Waals surface area contributed by atoms with E-state index in [-0.39, 0.29) is 10.6 Å². The van der Waals surface area contributed by atoms with Crippen molar-refractivity contribution in [2.75, 3.05) is 0 Å². The molecule has 0 unspecified atom stereocenters. The first-order chi connectivity index (χ1) is 8.66. The zero-order valence-electron chi connectivity index (χ0n) is 9.43. The van der Waals surface area contributed by atoms with Gasteiger partial charge in [-0.25, -0.2) is 0 Å². The predicted octanol–water partition coefficient (Wildman–Crippen LogP) is 3.24. The van der Waals surface area contributed by atoms with Crippen LogP contribution < -0.4 is 5.32 Å². The highest BCUT2D eigenvalue weighted by molar-refractivity contribution is 9.10. The number of nitro groups is 1. The van der Waals surface area contributed by atoms with Gasteiger partial charge in [-0.1, -0.05) is 18.2 Å². The van der Waals surface area contributed by atoms with Crippen molar-refractivity contribution >= 4 is 21.6 Å².